The Morgan fingerprint density at radius 3 is 2.79 bits per heavy atom. The van der Waals surface area contributed by atoms with Crippen molar-refractivity contribution >= 4 is 17.3 Å². The van der Waals surface area contributed by atoms with Crippen LogP contribution in [0.3, 0.4) is 0 Å². The van der Waals surface area contributed by atoms with Crippen molar-refractivity contribution in [2.45, 2.75) is 6.92 Å². The number of hydrogen-bond acceptors (Lipinski definition) is 4. The fourth-order valence-corrected chi connectivity index (χ4v) is 1.68. The molecule has 2 rings (SSSR count). The van der Waals surface area contributed by atoms with Crippen LogP contribution in [-0.4, -0.2) is 18.0 Å². The van der Waals surface area contributed by atoms with Crippen LogP contribution in [0.2, 0.25) is 0 Å². The van der Waals surface area contributed by atoms with Crippen LogP contribution in [0.15, 0.2) is 36.5 Å². The highest BCUT2D eigenvalue weighted by Crippen LogP contribution is 2.22. The van der Waals surface area contributed by atoms with Gasteiger partial charge in [0, 0.05) is 23.1 Å². The minimum absolute atomic E-state index is 0.219. The molecule has 0 saturated heterocycles. The number of nitrogens with two attached hydrogens (primary N) is 1. The number of carbonyl (C=O) groups excluding carboxylic acids is 1. The maximum atomic E-state index is 12.1. The third kappa shape index (κ3) is 3.01. The summed E-state index contributed by atoms with van der Waals surface area (Å²) in [7, 11) is 1.51. The molecule has 5 heteroatoms. The Morgan fingerprint density at radius 2 is 2.11 bits per heavy atom. The average molecular weight is 257 g/mol. The van der Waals surface area contributed by atoms with E-state index in [1.165, 1.54) is 7.11 Å². The molecule has 0 radical (unpaired) electrons. The van der Waals surface area contributed by atoms with Crippen LogP contribution in [0.1, 0.15) is 16.1 Å². The normalized spacial score (nSPS) is 10.0. The number of anilines is 2. The van der Waals surface area contributed by atoms with Gasteiger partial charge in [-0.3, -0.25) is 9.78 Å². The molecule has 3 N–H and O–H groups in total. The molecule has 0 aliphatic heterocycles. The molecule has 5 nitrogen and oxygen atoms in total. The molecule has 19 heavy (non-hydrogen) atoms. The van der Waals surface area contributed by atoms with Crippen LogP contribution in [0.25, 0.3) is 0 Å². The highest BCUT2D eigenvalue weighted by Gasteiger charge is 2.09. The van der Waals surface area contributed by atoms with E-state index < -0.39 is 0 Å². The van der Waals surface area contributed by atoms with Gasteiger partial charge in [0.2, 0.25) is 0 Å². The van der Waals surface area contributed by atoms with E-state index in [-0.39, 0.29) is 5.91 Å². The Bertz CT molecular complexity index is 611. The summed E-state index contributed by atoms with van der Waals surface area (Å²) < 4.78 is 5.09. The van der Waals surface area contributed by atoms with Gasteiger partial charge in [-0.05, 0) is 37.3 Å². The number of amides is 1. The molecule has 1 aromatic heterocycles. The molecule has 0 fully saturated rings. The lowest BCUT2D eigenvalue weighted by atomic mass is 10.1. The van der Waals surface area contributed by atoms with E-state index in [2.05, 4.69) is 10.3 Å². The topological polar surface area (TPSA) is 77.2 Å². The monoisotopic (exact) mass is 257 g/mol. The van der Waals surface area contributed by atoms with Gasteiger partial charge >= 0.3 is 0 Å². The second-order valence-electron chi connectivity index (χ2n) is 4.10. The number of hydrogen-bond donors (Lipinski definition) is 2. The number of nitrogens with zero attached hydrogens (tertiary/aromatic N) is 1. The quantitative estimate of drug-likeness (QED) is 0.827. The molecule has 0 atom stereocenters. The number of methoxy groups -OCH3 is 1. The zero-order chi connectivity index (χ0) is 13.8. The van der Waals surface area contributed by atoms with Crippen LogP contribution < -0.4 is 15.8 Å². The van der Waals surface area contributed by atoms with E-state index in [0.29, 0.717) is 22.7 Å². The van der Waals surface area contributed by atoms with Crippen LogP contribution in [0.4, 0.5) is 11.4 Å². The Kier molecular flexibility index (Phi) is 3.66. The number of pyridine rings is 1. The molecule has 0 saturated carbocycles. The lowest BCUT2D eigenvalue weighted by Crippen LogP contribution is -2.12. The number of ether oxygens (including phenoxy) is 1. The number of rotatable bonds is 3. The van der Waals surface area contributed by atoms with Gasteiger partial charge in [-0.15, -0.1) is 0 Å². The summed E-state index contributed by atoms with van der Waals surface area (Å²) in [4.78, 5) is 16.1. The van der Waals surface area contributed by atoms with Crippen molar-refractivity contribution in [1.82, 2.24) is 4.98 Å². The van der Waals surface area contributed by atoms with Crippen LogP contribution in [-0.2, 0) is 0 Å². The summed E-state index contributed by atoms with van der Waals surface area (Å²) in [6.45, 7) is 1.86. The Hall–Kier alpha value is -2.56. The molecule has 1 amide bonds. The predicted molar refractivity (Wildman–Crippen MR) is 74.3 cm³/mol. The number of carbonyl (C=O) groups is 1. The fourth-order valence-electron chi connectivity index (χ4n) is 1.68. The largest absolute Gasteiger partial charge is 0.495 e. The van der Waals surface area contributed by atoms with Crippen molar-refractivity contribution in [1.29, 1.82) is 0 Å². The molecule has 0 bridgehead atoms. The van der Waals surface area contributed by atoms with Gasteiger partial charge in [0.25, 0.3) is 5.91 Å². The molecular formula is C14H15N3O2. The van der Waals surface area contributed by atoms with Gasteiger partial charge < -0.3 is 15.8 Å². The molecule has 0 spiro atoms. The number of aryl methyl sites for hydroxylation is 1. The van der Waals surface area contributed by atoms with Crippen molar-refractivity contribution in [3.63, 3.8) is 0 Å². The summed E-state index contributed by atoms with van der Waals surface area (Å²) in [5.74, 6) is 0.266. The molecule has 0 aliphatic carbocycles. The van der Waals surface area contributed by atoms with Gasteiger partial charge in [0.15, 0.2) is 0 Å². The highest BCUT2D eigenvalue weighted by molar-refractivity contribution is 6.04. The number of aromatic nitrogens is 1. The Balaban J connectivity index is 2.20. The number of nitrogens with one attached hydrogen (secondary N) is 1. The second-order valence-corrected chi connectivity index (χ2v) is 4.10. The summed E-state index contributed by atoms with van der Waals surface area (Å²) in [5, 5.41) is 2.79. The molecule has 1 aromatic carbocycles. The van der Waals surface area contributed by atoms with Crippen LogP contribution in [0.5, 0.6) is 5.75 Å². The van der Waals surface area contributed by atoms with E-state index in [9.17, 15) is 4.79 Å². The van der Waals surface area contributed by atoms with Crippen LogP contribution >= 0.6 is 0 Å². The standard InChI is InChI=1S/C14H15N3O2/c1-9-7-11(5-6-16-9)17-14(18)10-3-4-12(15)13(8-10)19-2/h3-8H,15H2,1-2H3,(H,16,17,18). The molecule has 98 valence electrons. The van der Waals surface area contributed by atoms with E-state index >= 15 is 0 Å². The fraction of sp³-hybridized carbons (Fsp3) is 0.143. The molecule has 1 heterocycles. The van der Waals surface area contributed by atoms with E-state index in [1.807, 2.05) is 6.92 Å². The van der Waals surface area contributed by atoms with Gasteiger partial charge in [0.1, 0.15) is 5.75 Å². The third-order valence-electron chi connectivity index (χ3n) is 2.65. The smallest absolute Gasteiger partial charge is 0.255 e. The Morgan fingerprint density at radius 1 is 1.32 bits per heavy atom. The van der Waals surface area contributed by atoms with Crippen LogP contribution in [0, 0.1) is 6.92 Å². The SMILES string of the molecule is COc1cc(C(=O)Nc2ccnc(C)c2)ccc1N. The van der Waals surface area contributed by atoms with Crippen molar-refractivity contribution in [3.8, 4) is 5.75 Å². The Labute approximate surface area is 111 Å². The van der Waals surface area contributed by atoms with E-state index in [4.69, 9.17) is 10.5 Å². The first kappa shape index (κ1) is 12.9. The zero-order valence-corrected chi connectivity index (χ0v) is 10.8. The lowest BCUT2D eigenvalue weighted by molar-refractivity contribution is 0.102. The number of benzene rings is 1. The predicted octanol–water partition coefficient (Wildman–Crippen LogP) is 2.23. The van der Waals surface area contributed by atoms with Crippen molar-refractivity contribution in [3.05, 3.63) is 47.8 Å². The molecule has 0 aliphatic rings. The van der Waals surface area contributed by atoms with E-state index in [0.717, 1.165) is 5.69 Å². The summed E-state index contributed by atoms with van der Waals surface area (Å²) in [6, 6.07) is 8.44. The first-order valence-corrected chi connectivity index (χ1v) is 5.77. The first-order chi connectivity index (χ1) is 9.10. The van der Waals surface area contributed by atoms with Gasteiger partial charge in [-0.25, -0.2) is 0 Å². The average Bonchev–Trinajstić information content (AvgIpc) is 2.39. The first-order valence-electron chi connectivity index (χ1n) is 5.77. The molecule has 2 aromatic rings. The van der Waals surface area contributed by atoms with Gasteiger partial charge in [-0.1, -0.05) is 0 Å². The minimum atomic E-state index is -0.219. The van der Waals surface area contributed by atoms with Crippen molar-refractivity contribution in [2.75, 3.05) is 18.2 Å². The van der Waals surface area contributed by atoms with Gasteiger partial charge in [-0.2, -0.15) is 0 Å². The van der Waals surface area contributed by atoms with Crippen molar-refractivity contribution in [2.24, 2.45) is 0 Å². The maximum absolute atomic E-state index is 12.1. The van der Waals surface area contributed by atoms with Crippen molar-refractivity contribution < 1.29 is 9.53 Å². The van der Waals surface area contributed by atoms with E-state index in [1.54, 1.807) is 36.5 Å². The second kappa shape index (κ2) is 5.39. The third-order valence-corrected chi connectivity index (χ3v) is 2.65. The highest BCUT2D eigenvalue weighted by atomic mass is 16.5. The molecule has 0 unspecified atom stereocenters. The lowest BCUT2D eigenvalue weighted by Gasteiger charge is -2.08. The summed E-state index contributed by atoms with van der Waals surface area (Å²) in [6.07, 6.45) is 1.65. The summed E-state index contributed by atoms with van der Waals surface area (Å²) in [5.41, 5.74) is 8.24. The summed E-state index contributed by atoms with van der Waals surface area (Å²) >= 11 is 0. The maximum Gasteiger partial charge on any atom is 0.255 e. The molecular weight excluding hydrogens is 242 g/mol. The zero-order valence-electron chi connectivity index (χ0n) is 10.8. The van der Waals surface area contributed by atoms with Gasteiger partial charge in [0.05, 0.1) is 12.8 Å². The minimum Gasteiger partial charge on any atom is -0.495 e. The number of nitrogen functional groups attached to an aromatic ring is 1.